The Hall–Kier alpha value is -3.48. The summed E-state index contributed by atoms with van der Waals surface area (Å²) < 4.78 is 0. The molecular formula is C25H28N4O3. The second-order valence-corrected chi connectivity index (χ2v) is 9.57. The highest BCUT2D eigenvalue weighted by Crippen LogP contribution is 2.36. The molecule has 4 rings (SSSR count). The van der Waals surface area contributed by atoms with Crippen molar-refractivity contribution < 1.29 is 14.4 Å². The number of aromatic nitrogens is 1. The molecular weight excluding hydrogens is 404 g/mol. The van der Waals surface area contributed by atoms with Gasteiger partial charge in [0.25, 0.3) is 5.91 Å². The molecule has 0 unspecified atom stereocenters. The number of hydrogen-bond donors (Lipinski definition) is 2. The van der Waals surface area contributed by atoms with Gasteiger partial charge in [0.1, 0.15) is 0 Å². The summed E-state index contributed by atoms with van der Waals surface area (Å²) in [6.45, 7) is 6.26. The van der Waals surface area contributed by atoms with Crippen LogP contribution in [0.25, 0.3) is 6.08 Å². The fourth-order valence-corrected chi connectivity index (χ4v) is 4.50. The van der Waals surface area contributed by atoms with Gasteiger partial charge in [0.2, 0.25) is 11.8 Å². The van der Waals surface area contributed by atoms with Crippen LogP contribution in [-0.4, -0.2) is 51.8 Å². The highest BCUT2D eigenvalue weighted by molar-refractivity contribution is 5.99. The Morgan fingerprint density at radius 3 is 2.72 bits per heavy atom. The molecule has 1 saturated heterocycles. The second kappa shape index (κ2) is 8.22. The molecule has 1 aromatic carbocycles. The Kier molecular flexibility index (Phi) is 5.59. The molecule has 0 bridgehead atoms. The number of hydrogen-bond acceptors (Lipinski definition) is 4. The zero-order valence-corrected chi connectivity index (χ0v) is 18.6. The molecule has 2 atom stereocenters. The van der Waals surface area contributed by atoms with Gasteiger partial charge in [-0.3, -0.25) is 19.4 Å². The van der Waals surface area contributed by atoms with Gasteiger partial charge in [-0.25, -0.2) is 0 Å². The average molecular weight is 433 g/mol. The first kappa shape index (κ1) is 21.7. The van der Waals surface area contributed by atoms with Gasteiger partial charge in [0, 0.05) is 42.7 Å². The summed E-state index contributed by atoms with van der Waals surface area (Å²) in [7, 11) is 0. The third-order valence-corrected chi connectivity index (χ3v) is 5.90. The van der Waals surface area contributed by atoms with Crippen LogP contribution in [0.1, 0.15) is 42.3 Å². The van der Waals surface area contributed by atoms with Crippen LogP contribution in [0.3, 0.4) is 0 Å². The minimum Gasteiger partial charge on any atom is -0.351 e. The summed E-state index contributed by atoms with van der Waals surface area (Å²) in [5.41, 5.74) is 1.06. The van der Waals surface area contributed by atoms with Crippen molar-refractivity contribution in [2.45, 2.75) is 38.3 Å². The predicted octanol–water partition coefficient (Wildman–Crippen LogP) is 2.19. The smallest absolute Gasteiger partial charge is 0.252 e. The van der Waals surface area contributed by atoms with Gasteiger partial charge in [-0.2, -0.15) is 0 Å². The first-order valence-corrected chi connectivity index (χ1v) is 10.8. The van der Waals surface area contributed by atoms with Gasteiger partial charge in [0.15, 0.2) is 0 Å². The van der Waals surface area contributed by atoms with E-state index in [-0.39, 0.29) is 30.8 Å². The minimum absolute atomic E-state index is 0.163. The van der Waals surface area contributed by atoms with Crippen LogP contribution in [0.5, 0.6) is 0 Å². The number of nitrogens with zero attached hydrogens (tertiary/aromatic N) is 2. The van der Waals surface area contributed by atoms with Gasteiger partial charge in [-0.05, 0) is 56.5 Å². The number of amides is 3. The van der Waals surface area contributed by atoms with E-state index in [9.17, 15) is 14.4 Å². The number of rotatable bonds is 3. The molecule has 0 radical (unpaired) electrons. The number of carbonyl (C=O) groups is 3. The van der Waals surface area contributed by atoms with Crippen LogP contribution in [0, 0.1) is 5.92 Å². The lowest BCUT2D eigenvalue weighted by Crippen LogP contribution is -2.62. The monoisotopic (exact) mass is 432 g/mol. The molecule has 2 N–H and O–H groups in total. The third-order valence-electron chi connectivity index (χ3n) is 5.90. The maximum absolute atomic E-state index is 13.3. The van der Waals surface area contributed by atoms with E-state index in [2.05, 4.69) is 15.6 Å². The van der Waals surface area contributed by atoms with Gasteiger partial charge in [0.05, 0.1) is 11.5 Å². The molecule has 1 aromatic heterocycles. The van der Waals surface area contributed by atoms with E-state index in [1.54, 1.807) is 35.5 Å². The van der Waals surface area contributed by atoms with Gasteiger partial charge < -0.3 is 15.5 Å². The van der Waals surface area contributed by atoms with E-state index in [1.165, 1.54) is 6.08 Å². The van der Waals surface area contributed by atoms with Crippen LogP contribution in [-0.2, 0) is 16.0 Å². The molecule has 32 heavy (non-hydrogen) atoms. The van der Waals surface area contributed by atoms with Crippen LogP contribution in [0.15, 0.2) is 54.9 Å². The maximum atomic E-state index is 13.3. The van der Waals surface area contributed by atoms with Gasteiger partial charge in [-0.15, -0.1) is 0 Å². The molecule has 2 aliphatic heterocycles. The lowest BCUT2D eigenvalue weighted by atomic mass is 9.76. The highest BCUT2D eigenvalue weighted by atomic mass is 16.2. The molecule has 7 nitrogen and oxygen atoms in total. The summed E-state index contributed by atoms with van der Waals surface area (Å²) in [6.07, 6.45) is 7.04. The topological polar surface area (TPSA) is 91.4 Å². The van der Waals surface area contributed by atoms with Gasteiger partial charge in [-0.1, -0.05) is 24.3 Å². The standard InChI is InChI=1S/C25H28N4O3/c1-24(2,3)27-23(32)20-15-29(21(30)11-10-17-7-6-12-26-14-17)16-25(20)13-18-8-4-5-9-19(18)22(31)28-25/h4-12,14,20H,13,15-16H2,1-3H3,(H,27,32)(H,28,31)/b11-10+/t20-,25+/m0/s1. The Morgan fingerprint density at radius 2 is 2.00 bits per heavy atom. The minimum atomic E-state index is -0.849. The molecule has 2 aromatic rings. The van der Waals surface area contributed by atoms with Crippen LogP contribution < -0.4 is 10.6 Å². The number of carbonyl (C=O) groups excluding carboxylic acids is 3. The summed E-state index contributed by atoms with van der Waals surface area (Å²) in [5.74, 6) is -1.13. The molecule has 3 amide bonds. The fraction of sp³-hybridized carbons (Fsp3) is 0.360. The molecule has 1 fully saturated rings. The van der Waals surface area contributed by atoms with E-state index in [0.717, 1.165) is 11.1 Å². The zero-order valence-electron chi connectivity index (χ0n) is 18.6. The van der Waals surface area contributed by atoms with Crippen molar-refractivity contribution >= 4 is 23.8 Å². The van der Waals surface area contributed by atoms with Crippen molar-refractivity contribution in [1.82, 2.24) is 20.5 Å². The predicted molar refractivity (Wildman–Crippen MR) is 122 cm³/mol. The van der Waals surface area contributed by atoms with E-state index in [4.69, 9.17) is 0 Å². The zero-order chi connectivity index (χ0) is 22.9. The summed E-state index contributed by atoms with van der Waals surface area (Å²) >= 11 is 0. The molecule has 3 heterocycles. The van der Waals surface area contributed by atoms with E-state index >= 15 is 0 Å². The average Bonchev–Trinajstić information content (AvgIpc) is 3.10. The van der Waals surface area contributed by atoms with Crippen molar-refractivity contribution in [3.8, 4) is 0 Å². The first-order valence-electron chi connectivity index (χ1n) is 10.8. The SMILES string of the molecule is CC(C)(C)NC(=O)[C@@H]1CN(C(=O)/C=C/c2cccnc2)C[C@]12Cc1ccccc1C(=O)N2. The molecule has 0 aliphatic carbocycles. The number of nitrogens with one attached hydrogen (secondary N) is 2. The van der Waals surface area contributed by atoms with Crippen LogP contribution in [0.4, 0.5) is 0 Å². The lowest BCUT2D eigenvalue weighted by Gasteiger charge is -2.39. The number of likely N-dealkylation sites (tertiary alicyclic amines) is 1. The first-order chi connectivity index (χ1) is 15.2. The van der Waals surface area contributed by atoms with Crippen molar-refractivity contribution in [3.05, 3.63) is 71.6 Å². The quantitative estimate of drug-likeness (QED) is 0.728. The summed E-state index contributed by atoms with van der Waals surface area (Å²) in [6, 6.07) is 11.1. The van der Waals surface area contributed by atoms with Crippen molar-refractivity contribution in [1.29, 1.82) is 0 Å². The number of pyridine rings is 1. The Labute approximate surface area is 187 Å². The number of fused-ring (bicyclic) bond motifs is 1. The summed E-state index contributed by atoms with van der Waals surface area (Å²) in [4.78, 5) is 44.9. The van der Waals surface area contributed by atoms with Crippen LogP contribution >= 0.6 is 0 Å². The van der Waals surface area contributed by atoms with E-state index < -0.39 is 17.0 Å². The molecule has 7 heteroatoms. The molecule has 0 saturated carbocycles. The van der Waals surface area contributed by atoms with E-state index in [1.807, 2.05) is 45.0 Å². The van der Waals surface area contributed by atoms with Crippen LogP contribution in [0.2, 0.25) is 0 Å². The maximum Gasteiger partial charge on any atom is 0.252 e. The molecule has 1 spiro atoms. The Morgan fingerprint density at radius 1 is 1.22 bits per heavy atom. The van der Waals surface area contributed by atoms with E-state index in [0.29, 0.717) is 12.0 Å². The third kappa shape index (κ3) is 4.42. The van der Waals surface area contributed by atoms with Crippen molar-refractivity contribution in [2.24, 2.45) is 5.92 Å². The van der Waals surface area contributed by atoms with Crippen molar-refractivity contribution in [3.63, 3.8) is 0 Å². The largest absolute Gasteiger partial charge is 0.351 e. The second-order valence-electron chi connectivity index (χ2n) is 9.57. The summed E-state index contributed by atoms with van der Waals surface area (Å²) in [5, 5.41) is 6.13. The lowest BCUT2D eigenvalue weighted by molar-refractivity contribution is -0.128. The normalized spacial score (nSPS) is 22.7. The van der Waals surface area contributed by atoms with Crippen molar-refractivity contribution in [2.75, 3.05) is 13.1 Å². The Balaban J connectivity index is 1.63. The molecule has 2 aliphatic rings. The van der Waals surface area contributed by atoms with Gasteiger partial charge >= 0.3 is 0 Å². The number of benzene rings is 1. The fourth-order valence-electron chi connectivity index (χ4n) is 4.50. The Bertz CT molecular complexity index is 1070. The highest BCUT2D eigenvalue weighted by Gasteiger charge is 2.54. The molecule has 166 valence electrons.